The van der Waals surface area contributed by atoms with Gasteiger partial charge < -0.3 is 24.1 Å². The van der Waals surface area contributed by atoms with E-state index in [2.05, 4.69) is 4.98 Å². The molecule has 2 heterocycles. The van der Waals surface area contributed by atoms with Gasteiger partial charge in [-0.1, -0.05) is 11.6 Å². The Morgan fingerprint density at radius 1 is 1.15 bits per heavy atom. The molecule has 1 aromatic carbocycles. The second-order valence-electron chi connectivity index (χ2n) is 5.81. The molecule has 0 aliphatic carbocycles. The number of aromatic amines is 1. The van der Waals surface area contributed by atoms with Gasteiger partial charge in [-0.2, -0.15) is 0 Å². The highest BCUT2D eigenvalue weighted by molar-refractivity contribution is 7.16. The smallest absolute Gasteiger partial charge is 0.270 e. The number of hydrogen-bond acceptors (Lipinski definition) is 5. The number of methoxy groups -OCH3 is 3. The van der Waals surface area contributed by atoms with Crippen LogP contribution in [0.25, 0.3) is 10.9 Å². The first-order valence-electron chi connectivity index (χ1n) is 8.37. The number of amides is 1. The number of thiophene rings is 1. The highest BCUT2D eigenvalue weighted by Gasteiger charge is 2.22. The molecule has 1 N–H and O–H groups in total. The molecule has 0 fully saturated rings. The van der Waals surface area contributed by atoms with Crippen LogP contribution in [0.5, 0.6) is 17.2 Å². The number of ether oxygens (including phenoxy) is 3. The van der Waals surface area contributed by atoms with Gasteiger partial charge in [0.05, 0.1) is 37.7 Å². The van der Waals surface area contributed by atoms with E-state index in [-0.39, 0.29) is 5.91 Å². The fraction of sp³-hybridized carbons (Fsp3) is 0.316. The van der Waals surface area contributed by atoms with Crippen LogP contribution in [0.1, 0.15) is 22.3 Å². The van der Waals surface area contributed by atoms with Crippen LogP contribution >= 0.6 is 22.9 Å². The predicted molar refractivity (Wildman–Crippen MR) is 108 cm³/mol. The number of H-pyrrole nitrogens is 1. The lowest BCUT2D eigenvalue weighted by molar-refractivity contribution is 0.0749. The van der Waals surface area contributed by atoms with Crippen molar-refractivity contribution in [3.05, 3.63) is 39.2 Å². The number of hydrogen-bond donors (Lipinski definition) is 1. The maximum atomic E-state index is 13.1. The van der Waals surface area contributed by atoms with E-state index in [9.17, 15) is 4.79 Å². The average Bonchev–Trinajstić information content (AvgIpc) is 3.30. The lowest BCUT2D eigenvalue weighted by Gasteiger charge is -2.19. The molecular formula is C19H21ClN2O4S. The van der Waals surface area contributed by atoms with E-state index in [0.717, 1.165) is 10.3 Å². The summed E-state index contributed by atoms with van der Waals surface area (Å²) in [6, 6.07) is 7.30. The highest BCUT2D eigenvalue weighted by Crippen LogP contribution is 2.41. The fourth-order valence-corrected chi connectivity index (χ4v) is 4.08. The monoisotopic (exact) mass is 408 g/mol. The number of carbonyl (C=O) groups excluding carboxylic acids is 1. The first kappa shape index (κ1) is 19.4. The number of rotatable bonds is 7. The quantitative estimate of drug-likeness (QED) is 0.622. The Balaban J connectivity index is 2.01. The Labute approximate surface area is 166 Å². The van der Waals surface area contributed by atoms with Crippen LogP contribution in [0.15, 0.2) is 24.3 Å². The van der Waals surface area contributed by atoms with Gasteiger partial charge in [0, 0.05) is 22.9 Å². The lowest BCUT2D eigenvalue weighted by atomic mass is 10.2. The summed E-state index contributed by atoms with van der Waals surface area (Å²) < 4.78 is 17.0. The van der Waals surface area contributed by atoms with Crippen LogP contribution in [-0.2, 0) is 6.54 Å². The molecule has 0 unspecified atom stereocenters. The van der Waals surface area contributed by atoms with Gasteiger partial charge >= 0.3 is 0 Å². The van der Waals surface area contributed by atoms with Crippen molar-refractivity contribution in [2.24, 2.45) is 0 Å². The molecule has 0 spiro atoms. The maximum Gasteiger partial charge on any atom is 0.270 e. The molecule has 0 saturated heterocycles. The van der Waals surface area contributed by atoms with Gasteiger partial charge in [-0.25, -0.2) is 0 Å². The summed E-state index contributed by atoms with van der Waals surface area (Å²) >= 11 is 7.47. The van der Waals surface area contributed by atoms with Gasteiger partial charge in [0.25, 0.3) is 5.91 Å². The molecule has 0 bridgehead atoms. The lowest BCUT2D eigenvalue weighted by Crippen LogP contribution is -2.30. The molecule has 6 nitrogen and oxygen atoms in total. The molecule has 3 aromatic rings. The summed E-state index contributed by atoms with van der Waals surface area (Å²) in [4.78, 5) is 19.0. The van der Waals surface area contributed by atoms with Gasteiger partial charge in [0.15, 0.2) is 11.5 Å². The van der Waals surface area contributed by atoms with Crippen molar-refractivity contribution < 1.29 is 19.0 Å². The van der Waals surface area contributed by atoms with E-state index < -0.39 is 0 Å². The first-order valence-corrected chi connectivity index (χ1v) is 9.57. The van der Waals surface area contributed by atoms with Gasteiger partial charge in [-0.3, -0.25) is 4.79 Å². The number of carbonyl (C=O) groups is 1. The zero-order valence-corrected chi connectivity index (χ0v) is 17.2. The second kappa shape index (κ2) is 8.10. The normalized spacial score (nSPS) is 10.9. The molecule has 0 radical (unpaired) electrons. The van der Waals surface area contributed by atoms with Gasteiger partial charge in [-0.05, 0) is 25.1 Å². The highest BCUT2D eigenvalue weighted by atomic mass is 35.5. The molecule has 1 amide bonds. The number of benzene rings is 1. The van der Waals surface area contributed by atoms with Crippen LogP contribution < -0.4 is 14.2 Å². The van der Waals surface area contributed by atoms with E-state index in [1.807, 2.05) is 19.1 Å². The second-order valence-corrected chi connectivity index (χ2v) is 7.61. The Kier molecular flexibility index (Phi) is 5.82. The molecule has 2 aromatic heterocycles. The van der Waals surface area contributed by atoms with Crippen LogP contribution in [0.4, 0.5) is 0 Å². The molecule has 144 valence electrons. The summed E-state index contributed by atoms with van der Waals surface area (Å²) in [5.41, 5.74) is 1.12. The van der Waals surface area contributed by atoms with Crippen LogP contribution in [0.2, 0.25) is 4.34 Å². The third kappa shape index (κ3) is 3.70. The third-order valence-electron chi connectivity index (χ3n) is 4.32. The maximum absolute atomic E-state index is 13.1. The Morgan fingerprint density at radius 2 is 1.89 bits per heavy atom. The topological polar surface area (TPSA) is 63.8 Å². The van der Waals surface area contributed by atoms with Gasteiger partial charge in [-0.15, -0.1) is 11.3 Å². The van der Waals surface area contributed by atoms with Crippen molar-refractivity contribution in [2.45, 2.75) is 13.5 Å². The van der Waals surface area contributed by atoms with Crippen molar-refractivity contribution in [3.8, 4) is 17.2 Å². The fourth-order valence-electron chi connectivity index (χ4n) is 2.97. The predicted octanol–water partition coefficient (Wildman–Crippen LogP) is 4.57. The molecule has 0 atom stereocenters. The largest absolute Gasteiger partial charge is 0.496 e. The van der Waals surface area contributed by atoms with Crippen molar-refractivity contribution in [2.75, 3.05) is 27.9 Å². The van der Waals surface area contributed by atoms with Crippen molar-refractivity contribution in [1.29, 1.82) is 0 Å². The minimum atomic E-state index is -0.110. The summed E-state index contributed by atoms with van der Waals surface area (Å²) in [7, 11) is 4.70. The number of nitrogens with one attached hydrogen (secondary N) is 1. The summed E-state index contributed by atoms with van der Waals surface area (Å²) in [6.45, 7) is 3.01. The molecule has 0 aliphatic rings. The number of nitrogens with zero attached hydrogens (tertiary/aromatic N) is 1. The minimum absolute atomic E-state index is 0.110. The third-order valence-corrected chi connectivity index (χ3v) is 5.53. The first-order chi connectivity index (χ1) is 13.0. The van der Waals surface area contributed by atoms with Gasteiger partial charge in [0.2, 0.25) is 0 Å². The van der Waals surface area contributed by atoms with E-state index in [1.54, 1.807) is 38.4 Å². The zero-order valence-electron chi connectivity index (χ0n) is 15.6. The Morgan fingerprint density at radius 3 is 2.44 bits per heavy atom. The summed E-state index contributed by atoms with van der Waals surface area (Å²) in [5.74, 6) is 1.55. The number of aromatic nitrogens is 1. The van der Waals surface area contributed by atoms with Crippen LogP contribution in [0.3, 0.4) is 0 Å². The van der Waals surface area contributed by atoms with E-state index in [4.69, 9.17) is 25.8 Å². The zero-order chi connectivity index (χ0) is 19.6. The molecule has 0 saturated carbocycles. The van der Waals surface area contributed by atoms with E-state index >= 15 is 0 Å². The van der Waals surface area contributed by atoms with Crippen LogP contribution in [-0.4, -0.2) is 43.7 Å². The molecular weight excluding hydrogens is 388 g/mol. The molecule has 0 aliphatic heterocycles. The summed E-state index contributed by atoms with van der Waals surface area (Å²) in [6.07, 6.45) is 0. The Bertz CT molecular complexity index is 966. The molecule has 27 heavy (non-hydrogen) atoms. The Hall–Kier alpha value is -2.38. The molecule has 8 heteroatoms. The van der Waals surface area contributed by atoms with E-state index in [0.29, 0.717) is 45.9 Å². The van der Waals surface area contributed by atoms with Crippen LogP contribution in [0, 0.1) is 0 Å². The standard InChI is InChI=1S/C19H21ClN2O4S/c1-5-22(10-11-6-7-16(20)27-11)19(23)13-8-12-14(24-2)9-15(25-3)18(26-4)17(12)21-13/h6-9,21H,5,10H2,1-4H3. The SMILES string of the molecule is CCN(Cc1ccc(Cl)s1)C(=O)c1cc2c(OC)cc(OC)c(OC)c2[nH]1. The van der Waals surface area contributed by atoms with Crippen molar-refractivity contribution in [1.82, 2.24) is 9.88 Å². The van der Waals surface area contributed by atoms with E-state index in [1.165, 1.54) is 11.3 Å². The number of halogens is 1. The number of fused-ring (bicyclic) bond motifs is 1. The minimum Gasteiger partial charge on any atom is -0.496 e. The van der Waals surface area contributed by atoms with Gasteiger partial charge in [0.1, 0.15) is 11.4 Å². The summed E-state index contributed by atoms with van der Waals surface area (Å²) in [5, 5.41) is 0.758. The average molecular weight is 409 g/mol. The van der Waals surface area contributed by atoms with Crippen molar-refractivity contribution in [3.63, 3.8) is 0 Å². The van der Waals surface area contributed by atoms with Crippen molar-refractivity contribution >= 4 is 39.7 Å². The molecule has 3 rings (SSSR count).